The number of hydrogen-bond donors (Lipinski definition) is 1. The molecule has 1 fully saturated rings. The van der Waals surface area contributed by atoms with Gasteiger partial charge in [0, 0.05) is 32.3 Å². The second-order valence-corrected chi connectivity index (χ2v) is 4.69. The molecule has 0 spiro atoms. The smallest absolute Gasteiger partial charge is 0.271 e. The SMILES string of the molecule is CN(C)C(=O)c1cccc(C2CCCNC2)n1.Cl.Cl. The predicted molar refractivity (Wildman–Crippen MR) is 81.6 cm³/mol. The summed E-state index contributed by atoms with van der Waals surface area (Å²) in [5.74, 6) is 0.411. The summed E-state index contributed by atoms with van der Waals surface area (Å²) in [4.78, 5) is 17.9. The monoisotopic (exact) mass is 305 g/mol. The third-order valence-corrected chi connectivity index (χ3v) is 3.11. The van der Waals surface area contributed by atoms with Gasteiger partial charge in [0.1, 0.15) is 5.69 Å². The summed E-state index contributed by atoms with van der Waals surface area (Å²) in [5.41, 5.74) is 1.57. The van der Waals surface area contributed by atoms with Crippen LogP contribution in [0.5, 0.6) is 0 Å². The fraction of sp³-hybridized carbons (Fsp3) is 0.538. The van der Waals surface area contributed by atoms with E-state index in [2.05, 4.69) is 10.3 Å². The van der Waals surface area contributed by atoms with Crippen LogP contribution in [-0.4, -0.2) is 43.0 Å². The minimum atomic E-state index is -0.0318. The van der Waals surface area contributed by atoms with E-state index in [9.17, 15) is 4.79 Å². The van der Waals surface area contributed by atoms with Gasteiger partial charge in [0.15, 0.2) is 0 Å². The zero-order valence-electron chi connectivity index (χ0n) is 11.3. The van der Waals surface area contributed by atoms with E-state index < -0.39 is 0 Å². The van der Waals surface area contributed by atoms with Crippen LogP contribution in [-0.2, 0) is 0 Å². The van der Waals surface area contributed by atoms with Crippen LogP contribution in [0.4, 0.5) is 0 Å². The number of hydrogen-bond acceptors (Lipinski definition) is 3. The topological polar surface area (TPSA) is 45.2 Å². The summed E-state index contributed by atoms with van der Waals surface area (Å²) in [6.07, 6.45) is 2.33. The Labute approximate surface area is 126 Å². The van der Waals surface area contributed by atoms with Crippen LogP contribution in [0.1, 0.15) is 34.9 Å². The number of nitrogens with one attached hydrogen (secondary N) is 1. The molecule has 0 radical (unpaired) electrons. The summed E-state index contributed by atoms with van der Waals surface area (Å²) < 4.78 is 0. The van der Waals surface area contributed by atoms with Crippen molar-refractivity contribution in [3.05, 3.63) is 29.6 Å². The van der Waals surface area contributed by atoms with Gasteiger partial charge in [-0.05, 0) is 31.5 Å². The first-order valence-electron chi connectivity index (χ1n) is 6.08. The first-order chi connectivity index (χ1) is 8.18. The highest BCUT2D eigenvalue weighted by Crippen LogP contribution is 2.21. The Balaban J connectivity index is 0.00000162. The number of rotatable bonds is 2. The fourth-order valence-electron chi connectivity index (χ4n) is 2.13. The largest absolute Gasteiger partial charge is 0.343 e. The maximum absolute atomic E-state index is 11.8. The van der Waals surface area contributed by atoms with Gasteiger partial charge in [-0.1, -0.05) is 6.07 Å². The lowest BCUT2D eigenvalue weighted by Crippen LogP contribution is -2.29. The minimum absolute atomic E-state index is 0. The van der Waals surface area contributed by atoms with Crippen molar-refractivity contribution in [1.82, 2.24) is 15.2 Å². The molecule has 0 saturated carbocycles. The van der Waals surface area contributed by atoms with Crippen molar-refractivity contribution in [2.45, 2.75) is 18.8 Å². The first kappa shape index (κ1) is 18.2. The number of pyridine rings is 1. The Bertz CT molecular complexity index is 407. The van der Waals surface area contributed by atoms with Crippen LogP contribution in [0, 0.1) is 0 Å². The molecule has 1 aliphatic heterocycles. The van der Waals surface area contributed by atoms with Crippen LogP contribution in [0.25, 0.3) is 0 Å². The van der Waals surface area contributed by atoms with Crippen molar-refractivity contribution in [3.8, 4) is 0 Å². The van der Waals surface area contributed by atoms with Gasteiger partial charge in [0.2, 0.25) is 0 Å². The Kier molecular flexibility index (Phi) is 7.99. The van der Waals surface area contributed by atoms with Gasteiger partial charge in [-0.25, -0.2) is 4.98 Å². The number of piperidine rings is 1. The summed E-state index contributed by atoms with van der Waals surface area (Å²) in [6, 6.07) is 5.72. The number of carbonyl (C=O) groups excluding carboxylic acids is 1. The average molecular weight is 306 g/mol. The van der Waals surface area contributed by atoms with Crippen molar-refractivity contribution in [2.24, 2.45) is 0 Å². The number of amides is 1. The van der Waals surface area contributed by atoms with E-state index in [0.717, 1.165) is 25.2 Å². The lowest BCUT2D eigenvalue weighted by molar-refractivity contribution is 0.0821. The van der Waals surface area contributed by atoms with E-state index >= 15 is 0 Å². The van der Waals surface area contributed by atoms with Gasteiger partial charge in [-0.3, -0.25) is 4.79 Å². The Morgan fingerprint density at radius 1 is 1.37 bits per heavy atom. The van der Waals surface area contributed by atoms with Crippen LogP contribution in [0.3, 0.4) is 0 Å². The highest BCUT2D eigenvalue weighted by Gasteiger charge is 2.18. The van der Waals surface area contributed by atoms with Crippen molar-refractivity contribution in [2.75, 3.05) is 27.2 Å². The van der Waals surface area contributed by atoms with Crippen molar-refractivity contribution < 1.29 is 4.79 Å². The normalized spacial score (nSPS) is 17.9. The maximum Gasteiger partial charge on any atom is 0.271 e. The Morgan fingerprint density at radius 3 is 2.68 bits per heavy atom. The molecule has 1 unspecified atom stereocenters. The molecule has 4 nitrogen and oxygen atoms in total. The second kappa shape index (κ2) is 8.35. The standard InChI is InChI=1S/C13H19N3O.2ClH/c1-16(2)13(17)12-7-3-6-11(15-12)10-5-4-8-14-9-10;;/h3,6-7,10,14H,4-5,8-9H2,1-2H3;2*1H. The molecule has 2 heterocycles. The highest BCUT2D eigenvalue weighted by molar-refractivity contribution is 5.91. The molecular formula is C13H21Cl2N3O. The van der Waals surface area contributed by atoms with E-state index in [1.54, 1.807) is 25.1 Å². The second-order valence-electron chi connectivity index (χ2n) is 4.69. The third-order valence-electron chi connectivity index (χ3n) is 3.11. The molecule has 2 rings (SSSR count). The molecular weight excluding hydrogens is 285 g/mol. The Morgan fingerprint density at radius 2 is 2.11 bits per heavy atom. The Hall–Kier alpha value is -0.840. The third kappa shape index (κ3) is 4.64. The van der Waals surface area contributed by atoms with Crippen LogP contribution < -0.4 is 5.32 Å². The summed E-state index contributed by atoms with van der Waals surface area (Å²) in [6.45, 7) is 2.05. The van der Waals surface area contributed by atoms with Crippen molar-refractivity contribution >= 4 is 30.7 Å². The van der Waals surface area contributed by atoms with Gasteiger partial charge in [0.05, 0.1) is 0 Å². The lowest BCUT2D eigenvalue weighted by atomic mass is 9.95. The van der Waals surface area contributed by atoms with E-state index in [0.29, 0.717) is 11.6 Å². The lowest BCUT2D eigenvalue weighted by Gasteiger charge is -2.22. The molecule has 1 N–H and O–H groups in total. The fourth-order valence-corrected chi connectivity index (χ4v) is 2.13. The zero-order valence-corrected chi connectivity index (χ0v) is 12.9. The van der Waals surface area contributed by atoms with Crippen LogP contribution in [0.2, 0.25) is 0 Å². The maximum atomic E-state index is 11.8. The molecule has 1 saturated heterocycles. The van der Waals surface area contributed by atoms with E-state index in [1.807, 2.05) is 12.1 Å². The quantitative estimate of drug-likeness (QED) is 0.910. The van der Waals surface area contributed by atoms with Gasteiger partial charge in [-0.2, -0.15) is 0 Å². The van der Waals surface area contributed by atoms with Gasteiger partial charge in [-0.15, -0.1) is 24.8 Å². The van der Waals surface area contributed by atoms with E-state index in [1.165, 1.54) is 6.42 Å². The summed E-state index contributed by atoms with van der Waals surface area (Å²) in [7, 11) is 3.50. The molecule has 6 heteroatoms. The summed E-state index contributed by atoms with van der Waals surface area (Å²) >= 11 is 0. The molecule has 0 bridgehead atoms. The molecule has 0 aromatic carbocycles. The van der Waals surface area contributed by atoms with Gasteiger partial charge >= 0.3 is 0 Å². The van der Waals surface area contributed by atoms with E-state index in [-0.39, 0.29) is 30.7 Å². The number of carbonyl (C=O) groups is 1. The number of halogens is 2. The van der Waals surface area contributed by atoms with Gasteiger partial charge < -0.3 is 10.2 Å². The molecule has 1 aliphatic rings. The first-order valence-corrected chi connectivity index (χ1v) is 6.08. The van der Waals surface area contributed by atoms with Crippen molar-refractivity contribution in [3.63, 3.8) is 0 Å². The van der Waals surface area contributed by atoms with E-state index in [4.69, 9.17) is 0 Å². The summed E-state index contributed by atoms with van der Waals surface area (Å²) in [5, 5.41) is 3.37. The van der Waals surface area contributed by atoms with Gasteiger partial charge in [0.25, 0.3) is 5.91 Å². The molecule has 1 atom stereocenters. The van der Waals surface area contributed by atoms with Crippen LogP contribution in [0.15, 0.2) is 18.2 Å². The number of aromatic nitrogens is 1. The zero-order chi connectivity index (χ0) is 12.3. The highest BCUT2D eigenvalue weighted by atomic mass is 35.5. The molecule has 108 valence electrons. The molecule has 1 amide bonds. The number of nitrogens with zero attached hydrogens (tertiary/aromatic N) is 2. The molecule has 1 aromatic rings. The molecule has 1 aromatic heterocycles. The van der Waals surface area contributed by atoms with Crippen LogP contribution >= 0.6 is 24.8 Å². The minimum Gasteiger partial charge on any atom is -0.343 e. The average Bonchev–Trinajstić information content (AvgIpc) is 2.39. The molecule has 0 aliphatic carbocycles. The molecule has 19 heavy (non-hydrogen) atoms. The van der Waals surface area contributed by atoms with Crippen molar-refractivity contribution in [1.29, 1.82) is 0 Å². The predicted octanol–water partition coefficient (Wildman–Crippen LogP) is 2.09.